The van der Waals surface area contributed by atoms with Crippen molar-refractivity contribution < 1.29 is 18.7 Å². The summed E-state index contributed by atoms with van der Waals surface area (Å²) in [5.74, 6) is 0.933. The average molecular weight is 355 g/mol. The number of likely N-dealkylation sites (tertiary alicyclic amines) is 1. The highest BCUT2D eigenvalue weighted by molar-refractivity contribution is 6.13. The maximum atomic E-state index is 12.9. The van der Waals surface area contributed by atoms with E-state index in [2.05, 4.69) is 0 Å². The van der Waals surface area contributed by atoms with Gasteiger partial charge >= 0.3 is 0 Å². The normalized spacial score (nSPS) is 23.0. The largest absolute Gasteiger partial charge is 0.486 e. The molecule has 4 rings (SSSR count). The van der Waals surface area contributed by atoms with Gasteiger partial charge in [0.1, 0.15) is 16.9 Å². The average Bonchev–Trinajstić information content (AvgIpc) is 2.98. The number of furan rings is 1. The number of hydrogen-bond donors (Lipinski definition) is 0. The lowest BCUT2D eigenvalue weighted by Gasteiger charge is -2.34. The molecule has 3 heterocycles. The molecular formula is C21H25NO4. The van der Waals surface area contributed by atoms with Crippen molar-refractivity contribution in [3.8, 4) is 5.75 Å². The highest BCUT2D eigenvalue weighted by atomic mass is 16.5. The second-order valence-corrected chi connectivity index (χ2v) is 7.73. The Morgan fingerprint density at radius 3 is 2.65 bits per heavy atom. The molecule has 0 unspecified atom stereocenters. The van der Waals surface area contributed by atoms with Crippen LogP contribution in [0.5, 0.6) is 5.75 Å². The lowest BCUT2D eigenvalue weighted by molar-refractivity contribution is 0.0502. The smallest absolute Gasteiger partial charge is 0.289 e. The second-order valence-electron chi connectivity index (χ2n) is 7.73. The summed E-state index contributed by atoms with van der Waals surface area (Å²) in [6.45, 7) is 7.39. The van der Waals surface area contributed by atoms with Gasteiger partial charge in [-0.05, 0) is 51.7 Å². The molecule has 2 aliphatic rings. The molecule has 0 bridgehead atoms. The van der Waals surface area contributed by atoms with Crippen LogP contribution in [0.1, 0.15) is 72.4 Å². The number of carbonyl (C=O) groups excluding carboxylic acids is 2. The maximum Gasteiger partial charge on any atom is 0.289 e. The Balaban J connectivity index is 1.80. The van der Waals surface area contributed by atoms with Crippen molar-refractivity contribution in [1.82, 2.24) is 4.90 Å². The van der Waals surface area contributed by atoms with Crippen LogP contribution in [-0.2, 0) is 0 Å². The van der Waals surface area contributed by atoms with E-state index in [1.807, 2.05) is 31.7 Å². The van der Waals surface area contributed by atoms with Crippen LogP contribution in [-0.4, -0.2) is 35.3 Å². The Hall–Kier alpha value is -2.30. The summed E-state index contributed by atoms with van der Waals surface area (Å²) in [6.07, 6.45) is 4.33. The molecule has 5 heteroatoms. The molecule has 0 aliphatic carbocycles. The van der Waals surface area contributed by atoms with Crippen molar-refractivity contribution in [1.29, 1.82) is 0 Å². The minimum Gasteiger partial charge on any atom is -0.486 e. The Bertz CT molecular complexity index is 891. The van der Waals surface area contributed by atoms with Gasteiger partial charge in [-0.2, -0.15) is 0 Å². The predicted octanol–water partition coefficient (Wildman–Crippen LogP) is 4.50. The summed E-state index contributed by atoms with van der Waals surface area (Å²) in [4.78, 5) is 27.6. The summed E-state index contributed by atoms with van der Waals surface area (Å²) in [6, 6.07) is 3.60. The van der Waals surface area contributed by atoms with Gasteiger partial charge in [0.2, 0.25) is 0 Å². The van der Waals surface area contributed by atoms with Gasteiger partial charge in [0.25, 0.3) is 5.91 Å². The third kappa shape index (κ3) is 2.61. The number of Topliss-reactive ketones (excluding diaryl/α,β-unsaturated/α-hetero) is 1. The lowest BCUT2D eigenvalue weighted by Crippen LogP contribution is -2.38. The van der Waals surface area contributed by atoms with E-state index in [4.69, 9.17) is 9.15 Å². The van der Waals surface area contributed by atoms with Gasteiger partial charge in [0.15, 0.2) is 11.5 Å². The number of ether oxygens (including phenoxy) is 1. The molecule has 5 nitrogen and oxygen atoms in total. The molecule has 1 saturated heterocycles. The molecule has 0 radical (unpaired) electrons. The first-order chi connectivity index (χ1) is 12.4. The van der Waals surface area contributed by atoms with Crippen molar-refractivity contribution >= 4 is 22.7 Å². The lowest BCUT2D eigenvalue weighted by atomic mass is 9.87. The number of amides is 1. The highest BCUT2D eigenvalue weighted by Gasteiger charge is 2.37. The fourth-order valence-electron chi connectivity index (χ4n) is 4.06. The number of carbonyl (C=O) groups is 2. The number of ketones is 1. The van der Waals surface area contributed by atoms with Crippen LogP contribution in [0.25, 0.3) is 11.0 Å². The van der Waals surface area contributed by atoms with E-state index in [1.165, 1.54) is 6.42 Å². The molecule has 1 aromatic heterocycles. The van der Waals surface area contributed by atoms with Gasteiger partial charge < -0.3 is 14.1 Å². The van der Waals surface area contributed by atoms with E-state index >= 15 is 0 Å². The molecular weight excluding hydrogens is 330 g/mol. The van der Waals surface area contributed by atoms with Gasteiger partial charge in [-0.1, -0.05) is 6.92 Å². The van der Waals surface area contributed by atoms with Gasteiger partial charge in [-0.3, -0.25) is 9.59 Å². The van der Waals surface area contributed by atoms with Crippen LogP contribution >= 0.6 is 0 Å². The fourth-order valence-corrected chi connectivity index (χ4v) is 4.06. The number of rotatable bonds is 2. The zero-order chi connectivity index (χ0) is 18.5. The Morgan fingerprint density at radius 1 is 1.23 bits per heavy atom. The third-order valence-electron chi connectivity index (χ3n) is 5.81. The van der Waals surface area contributed by atoms with Gasteiger partial charge in [-0.15, -0.1) is 0 Å². The van der Waals surface area contributed by atoms with Crippen LogP contribution in [0.2, 0.25) is 0 Å². The number of hydrogen-bond acceptors (Lipinski definition) is 4. The molecule has 2 aromatic rings. The molecule has 1 fully saturated rings. The van der Waals surface area contributed by atoms with Crippen LogP contribution in [0.4, 0.5) is 0 Å². The Morgan fingerprint density at radius 2 is 1.96 bits per heavy atom. The number of piperidine rings is 1. The van der Waals surface area contributed by atoms with Crippen LogP contribution in [0.15, 0.2) is 16.5 Å². The summed E-state index contributed by atoms with van der Waals surface area (Å²) in [5, 5.41) is 0.728. The van der Waals surface area contributed by atoms with E-state index in [0.717, 1.165) is 43.3 Å². The van der Waals surface area contributed by atoms with Crippen LogP contribution < -0.4 is 4.74 Å². The highest BCUT2D eigenvalue weighted by Crippen LogP contribution is 2.41. The van der Waals surface area contributed by atoms with Gasteiger partial charge in [0, 0.05) is 24.0 Å². The summed E-state index contributed by atoms with van der Waals surface area (Å²) in [5.41, 5.74) is 1.41. The van der Waals surface area contributed by atoms with E-state index in [-0.39, 0.29) is 11.7 Å². The maximum absolute atomic E-state index is 12.9. The zero-order valence-corrected chi connectivity index (χ0v) is 15.7. The summed E-state index contributed by atoms with van der Waals surface area (Å²) >= 11 is 0. The molecule has 26 heavy (non-hydrogen) atoms. The first-order valence-electron chi connectivity index (χ1n) is 9.51. The summed E-state index contributed by atoms with van der Waals surface area (Å²) < 4.78 is 12.0. The van der Waals surface area contributed by atoms with Crippen molar-refractivity contribution in [2.75, 3.05) is 13.1 Å². The number of fused-ring (bicyclic) bond motifs is 3. The van der Waals surface area contributed by atoms with Crippen LogP contribution in [0, 0.1) is 6.92 Å². The monoisotopic (exact) mass is 355 g/mol. The number of aryl methyl sites for hydroxylation is 1. The minimum atomic E-state index is -0.470. The molecule has 2 aliphatic heterocycles. The van der Waals surface area contributed by atoms with Crippen molar-refractivity contribution in [3.05, 3.63) is 29.0 Å². The molecule has 0 saturated carbocycles. The molecule has 0 N–H and O–H groups in total. The van der Waals surface area contributed by atoms with E-state index < -0.39 is 5.60 Å². The minimum absolute atomic E-state index is 0.0575. The van der Waals surface area contributed by atoms with Crippen molar-refractivity contribution in [2.24, 2.45) is 0 Å². The molecule has 1 amide bonds. The molecule has 1 aromatic carbocycles. The Labute approximate surface area is 153 Å². The van der Waals surface area contributed by atoms with E-state index in [0.29, 0.717) is 29.1 Å². The SMILES string of the molecule is CC[C@]1(C)CC(=O)c2c(ccc3oc(C(=O)N4CCCCC4)c(C)c23)O1. The number of benzene rings is 1. The topological polar surface area (TPSA) is 59.8 Å². The Kier molecular flexibility index (Phi) is 4.05. The summed E-state index contributed by atoms with van der Waals surface area (Å²) in [7, 11) is 0. The number of nitrogens with zero attached hydrogens (tertiary/aromatic N) is 1. The zero-order valence-electron chi connectivity index (χ0n) is 15.7. The fraction of sp³-hybridized carbons (Fsp3) is 0.524. The third-order valence-corrected chi connectivity index (χ3v) is 5.81. The quantitative estimate of drug-likeness (QED) is 0.796. The standard InChI is InChI=1S/C21H25NO4/c1-4-21(3)12-14(23)18-16(26-21)9-8-15-17(18)13(2)19(25-15)20(24)22-10-6-5-7-11-22/h8-9H,4-7,10-12H2,1-3H3/t21-/m1/s1. The van der Waals surface area contributed by atoms with E-state index in [9.17, 15) is 9.59 Å². The molecule has 1 atom stereocenters. The van der Waals surface area contributed by atoms with E-state index in [1.54, 1.807) is 6.07 Å². The van der Waals surface area contributed by atoms with Gasteiger partial charge in [-0.25, -0.2) is 0 Å². The van der Waals surface area contributed by atoms with Crippen molar-refractivity contribution in [2.45, 2.75) is 58.5 Å². The second kappa shape index (κ2) is 6.15. The first-order valence-corrected chi connectivity index (χ1v) is 9.51. The molecule has 138 valence electrons. The predicted molar refractivity (Wildman–Crippen MR) is 99.0 cm³/mol. The van der Waals surface area contributed by atoms with Gasteiger partial charge in [0.05, 0.1) is 12.0 Å². The van der Waals surface area contributed by atoms with Crippen LogP contribution in [0.3, 0.4) is 0 Å². The molecule has 0 spiro atoms. The first kappa shape index (κ1) is 17.1. The van der Waals surface area contributed by atoms with Crippen molar-refractivity contribution in [3.63, 3.8) is 0 Å².